The van der Waals surface area contributed by atoms with Gasteiger partial charge in [0.1, 0.15) is 5.75 Å². The molecule has 4 nitrogen and oxygen atoms in total. The molecule has 15 heavy (non-hydrogen) atoms. The summed E-state index contributed by atoms with van der Waals surface area (Å²) in [4.78, 5) is 20.6. The third kappa shape index (κ3) is 4.51. The number of hydrogen-bond donors (Lipinski definition) is 3. The maximum atomic E-state index is 10.3. The average molecular weight is 228 g/mol. The lowest BCUT2D eigenvalue weighted by atomic mass is 10.1. The summed E-state index contributed by atoms with van der Waals surface area (Å²) in [5.41, 5.74) is 0.629. The van der Waals surface area contributed by atoms with Crippen LogP contribution in [0.2, 0.25) is 0 Å². The number of carboxylic acid groups (broad SMARTS) is 1. The molecule has 82 valence electrons. The number of aromatic hydroxyl groups is 1. The zero-order valence-electron chi connectivity index (χ0n) is 8.17. The second-order valence-electron chi connectivity index (χ2n) is 2.58. The summed E-state index contributed by atoms with van der Waals surface area (Å²) in [6.07, 6.45) is 2.05. The van der Waals surface area contributed by atoms with Gasteiger partial charge in [0, 0.05) is 0 Å². The molecule has 0 heterocycles. The summed E-state index contributed by atoms with van der Waals surface area (Å²) in [6.45, 7) is 0. The number of phenols is 1. The summed E-state index contributed by atoms with van der Waals surface area (Å²) >= 11 is 3.53. The zero-order chi connectivity index (χ0) is 11.8. The molecule has 0 saturated carbocycles. The standard InChI is InChI=1S/C9H8O4.CH4S/c10-5-7-2-1-6(3-8(7)11)4-9(12)13;1-2/h1-3,5,11H,4H2,(H,12,13);2H,1H3. The molecule has 1 aromatic carbocycles. The fraction of sp³-hybridized carbons (Fsp3) is 0.200. The molecule has 0 aromatic heterocycles. The Morgan fingerprint density at radius 3 is 2.47 bits per heavy atom. The van der Waals surface area contributed by atoms with Gasteiger partial charge in [-0.1, -0.05) is 6.07 Å². The Hall–Kier alpha value is -1.49. The van der Waals surface area contributed by atoms with Crippen LogP contribution in [0.25, 0.3) is 0 Å². The largest absolute Gasteiger partial charge is 0.507 e. The van der Waals surface area contributed by atoms with Gasteiger partial charge in [0.25, 0.3) is 0 Å². The normalized spacial score (nSPS) is 8.67. The van der Waals surface area contributed by atoms with E-state index in [-0.39, 0.29) is 17.7 Å². The monoisotopic (exact) mass is 228 g/mol. The quantitative estimate of drug-likeness (QED) is 0.539. The number of carboxylic acids is 1. The maximum Gasteiger partial charge on any atom is 0.307 e. The van der Waals surface area contributed by atoms with Crippen LogP contribution in [-0.4, -0.2) is 28.7 Å². The summed E-state index contributed by atoms with van der Waals surface area (Å²) in [5.74, 6) is -1.16. The van der Waals surface area contributed by atoms with Crippen LogP contribution in [0.4, 0.5) is 0 Å². The van der Waals surface area contributed by atoms with Gasteiger partial charge in [0.15, 0.2) is 6.29 Å². The number of phenolic OH excluding ortho intramolecular Hbond substituents is 1. The van der Waals surface area contributed by atoms with Gasteiger partial charge in [-0.05, 0) is 24.0 Å². The number of carbonyl (C=O) groups excluding carboxylic acids is 1. The Morgan fingerprint density at radius 1 is 1.47 bits per heavy atom. The van der Waals surface area contributed by atoms with Gasteiger partial charge in [0.2, 0.25) is 0 Å². The Balaban J connectivity index is 0.000000921. The van der Waals surface area contributed by atoms with Crippen molar-refractivity contribution in [2.75, 3.05) is 6.26 Å². The lowest BCUT2D eigenvalue weighted by Gasteiger charge is -1.99. The molecule has 0 aliphatic rings. The van der Waals surface area contributed by atoms with Gasteiger partial charge in [-0.15, -0.1) is 0 Å². The highest BCUT2D eigenvalue weighted by Gasteiger charge is 2.04. The molecule has 0 unspecified atom stereocenters. The van der Waals surface area contributed by atoms with Crippen LogP contribution in [0, 0.1) is 0 Å². The van der Waals surface area contributed by atoms with Crippen molar-refractivity contribution in [1.82, 2.24) is 0 Å². The number of aldehydes is 1. The van der Waals surface area contributed by atoms with Crippen molar-refractivity contribution in [2.45, 2.75) is 6.42 Å². The third-order valence-electron chi connectivity index (χ3n) is 1.58. The van der Waals surface area contributed by atoms with E-state index in [1.165, 1.54) is 18.2 Å². The molecule has 1 aromatic rings. The number of aliphatic carboxylic acids is 1. The molecular weight excluding hydrogens is 216 g/mol. The molecule has 2 N–H and O–H groups in total. The summed E-state index contributed by atoms with van der Waals surface area (Å²) in [7, 11) is 0. The van der Waals surface area contributed by atoms with E-state index in [1.54, 1.807) is 6.26 Å². The van der Waals surface area contributed by atoms with Gasteiger partial charge in [-0.2, -0.15) is 12.6 Å². The molecule has 0 aliphatic carbocycles. The molecule has 0 spiro atoms. The minimum absolute atomic E-state index is 0.160. The molecule has 0 bridgehead atoms. The van der Waals surface area contributed by atoms with Crippen LogP contribution in [-0.2, 0) is 11.2 Å². The third-order valence-corrected chi connectivity index (χ3v) is 1.58. The summed E-state index contributed by atoms with van der Waals surface area (Å²) in [6, 6.07) is 4.16. The lowest BCUT2D eigenvalue weighted by molar-refractivity contribution is -0.136. The first-order chi connectivity index (χ1) is 7.13. The van der Waals surface area contributed by atoms with E-state index < -0.39 is 5.97 Å². The number of benzene rings is 1. The molecule has 5 heteroatoms. The van der Waals surface area contributed by atoms with Crippen LogP contribution >= 0.6 is 12.6 Å². The van der Waals surface area contributed by atoms with Crippen LogP contribution < -0.4 is 0 Å². The topological polar surface area (TPSA) is 74.6 Å². The second-order valence-corrected chi connectivity index (χ2v) is 2.58. The fourth-order valence-electron chi connectivity index (χ4n) is 0.973. The van der Waals surface area contributed by atoms with Crippen molar-refractivity contribution in [3.63, 3.8) is 0 Å². The molecule has 0 amide bonds. The average Bonchev–Trinajstić information content (AvgIpc) is 2.20. The molecule has 1 rings (SSSR count). The van der Waals surface area contributed by atoms with E-state index in [9.17, 15) is 14.7 Å². The Bertz CT molecular complexity index is 349. The first-order valence-corrected chi connectivity index (χ1v) is 4.96. The molecular formula is C10H12O4S. The van der Waals surface area contributed by atoms with Gasteiger partial charge in [-0.3, -0.25) is 9.59 Å². The smallest absolute Gasteiger partial charge is 0.307 e. The van der Waals surface area contributed by atoms with Gasteiger partial charge in [0.05, 0.1) is 12.0 Å². The zero-order valence-corrected chi connectivity index (χ0v) is 9.07. The summed E-state index contributed by atoms with van der Waals surface area (Å²) in [5, 5.41) is 17.6. The molecule has 0 saturated heterocycles. The van der Waals surface area contributed by atoms with Gasteiger partial charge in [-0.25, -0.2) is 0 Å². The minimum atomic E-state index is -0.974. The van der Waals surface area contributed by atoms with Crippen LogP contribution in [0.1, 0.15) is 15.9 Å². The highest BCUT2D eigenvalue weighted by Crippen LogP contribution is 2.16. The first-order valence-electron chi connectivity index (χ1n) is 4.07. The predicted octanol–water partition coefficient (Wildman–Crippen LogP) is 1.38. The Kier molecular flexibility index (Phi) is 6.21. The molecule has 0 aliphatic heterocycles. The van der Waals surface area contributed by atoms with Crippen molar-refractivity contribution in [3.05, 3.63) is 29.3 Å². The van der Waals surface area contributed by atoms with Gasteiger partial charge >= 0.3 is 5.97 Å². The molecule has 0 fully saturated rings. The van der Waals surface area contributed by atoms with E-state index in [0.29, 0.717) is 11.8 Å². The summed E-state index contributed by atoms with van der Waals surface area (Å²) < 4.78 is 0. The minimum Gasteiger partial charge on any atom is -0.507 e. The van der Waals surface area contributed by atoms with E-state index >= 15 is 0 Å². The number of thiol groups is 1. The lowest BCUT2D eigenvalue weighted by Crippen LogP contribution is -1.99. The van der Waals surface area contributed by atoms with Crippen LogP contribution in [0.15, 0.2) is 18.2 Å². The van der Waals surface area contributed by atoms with E-state index in [1.807, 2.05) is 0 Å². The number of carbonyl (C=O) groups is 2. The Morgan fingerprint density at radius 2 is 2.07 bits per heavy atom. The number of hydrogen-bond acceptors (Lipinski definition) is 4. The van der Waals surface area contributed by atoms with Crippen molar-refractivity contribution < 1.29 is 19.8 Å². The highest BCUT2D eigenvalue weighted by atomic mass is 32.1. The van der Waals surface area contributed by atoms with Crippen LogP contribution in [0.5, 0.6) is 5.75 Å². The molecule has 0 atom stereocenters. The van der Waals surface area contributed by atoms with Crippen LogP contribution in [0.3, 0.4) is 0 Å². The first kappa shape index (κ1) is 13.5. The second kappa shape index (κ2) is 6.89. The van der Waals surface area contributed by atoms with Gasteiger partial charge < -0.3 is 10.2 Å². The van der Waals surface area contributed by atoms with Crippen molar-refractivity contribution in [3.8, 4) is 5.75 Å². The predicted molar refractivity (Wildman–Crippen MR) is 59.7 cm³/mol. The van der Waals surface area contributed by atoms with E-state index in [0.717, 1.165) is 0 Å². The van der Waals surface area contributed by atoms with Crippen molar-refractivity contribution >= 4 is 24.9 Å². The maximum absolute atomic E-state index is 10.3. The molecule has 0 radical (unpaired) electrons. The number of rotatable bonds is 3. The van der Waals surface area contributed by atoms with Crippen molar-refractivity contribution in [2.24, 2.45) is 0 Å². The highest BCUT2D eigenvalue weighted by molar-refractivity contribution is 7.79. The van der Waals surface area contributed by atoms with E-state index in [4.69, 9.17) is 5.11 Å². The SMILES string of the molecule is CS.O=Cc1ccc(CC(=O)O)cc1O. The fourth-order valence-corrected chi connectivity index (χ4v) is 0.973. The van der Waals surface area contributed by atoms with Crippen molar-refractivity contribution in [1.29, 1.82) is 0 Å². The van der Waals surface area contributed by atoms with E-state index in [2.05, 4.69) is 12.6 Å². The Labute approximate surface area is 93.0 Å².